The van der Waals surface area contributed by atoms with Gasteiger partial charge in [-0.3, -0.25) is 9.59 Å². The van der Waals surface area contributed by atoms with Crippen LogP contribution >= 0.6 is 0 Å². The van der Waals surface area contributed by atoms with E-state index in [0.29, 0.717) is 19.6 Å². The van der Waals surface area contributed by atoms with Crippen molar-refractivity contribution in [3.05, 3.63) is 0 Å². The number of rotatable bonds is 9. The van der Waals surface area contributed by atoms with E-state index in [1.165, 1.54) is 64.2 Å². The molecule has 1 amide bonds. The van der Waals surface area contributed by atoms with Gasteiger partial charge in [-0.15, -0.1) is 0 Å². The minimum atomic E-state index is -0.234. The second kappa shape index (κ2) is 11.5. The van der Waals surface area contributed by atoms with Crippen LogP contribution in [0.2, 0.25) is 0 Å². The largest absolute Gasteiger partial charge is 0.464 e. The molecule has 1 aliphatic heterocycles. The van der Waals surface area contributed by atoms with Gasteiger partial charge in [0.2, 0.25) is 5.91 Å². The molecular formula is C25H44N2O3. The maximum absolute atomic E-state index is 13.2. The molecule has 2 aliphatic carbocycles. The van der Waals surface area contributed by atoms with Gasteiger partial charge in [0.15, 0.2) is 0 Å². The summed E-state index contributed by atoms with van der Waals surface area (Å²) in [5.41, 5.74) is -0.0644. The van der Waals surface area contributed by atoms with E-state index in [0.717, 1.165) is 38.5 Å². The highest BCUT2D eigenvalue weighted by molar-refractivity contribution is 5.83. The van der Waals surface area contributed by atoms with Crippen LogP contribution in [-0.4, -0.2) is 47.6 Å². The summed E-state index contributed by atoms with van der Waals surface area (Å²) in [6.07, 6.45) is 19.4. The van der Waals surface area contributed by atoms with Gasteiger partial charge in [0.05, 0.1) is 6.61 Å². The molecule has 0 aromatic heterocycles. The standard InChI is InChI=1S/C25H44N2O3/c1-2-3-4-5-6-13-18-30-23(29)20-27-21-25(16-11-8-12-17-25)26-24(19-22(27)28)14-9-7-10-15-24/h26H,2-21H2,1H3. The van der Waals surface area contributed by atoms with Gasteiger partial charge in [0, 0.05) is 24.0 Å². The third-order valence-electron chi connectivity index (χ3n) is 7.57. The van der Waals surface area contributed by atoms with Crippen molar-refractivity contribution in [2.45, 2.75) is 127 Å². The number of nitrogens with zero attached hydrogens (tertiary/aromatic N) is 1. The SMILES string of the molecule is CCCCCCCCOC(=O)CN1CC2(CCCCC2)NC2(CCCCC2)CC1=O. The van der Waals surface area contributed by atoms with E-state index in [4.69, 9.17) is 4.74 Å². The van der Waals surface area contributed by atoms with Crippen molar-refractivity contribution < 1.29 is 14.3 Å². The molecular weight excluding hydrogens is 376 g/mol. The number of nitrogens with one attached hydrogen (secondary N) is 1. The number of carbonyl (C=O) groups excluding carboxylic acids is 2. The smallest absolute Gasteiger partial charge is 0.325 e. The second-order valence-corrected chi connectivity index (χ2v) is 10.2. The first-order valence-corrected chi connectivity index (χ1v) is 12.8. The van der Waals surface area contributed by atoms with Crippen molar-refractivity contribution in [3.8, 4) is 0 Å². The molecule has 5 nitrogen and oxygen atoms in total. The van der Waals surface area contributed by atoms with Gasteiger partial charge in [0.25, 0.3) is 0 Å². The van der Waals surface area contributed by atoms with E-state index in [1.807, 2.05) is 4.90 Å². The predicted molar refractivity (Wildman–Crippen MR) is 120 cm³/mol. The van der Waals surface area contributed by atoms with Gasteiger partial charge in [0.1, 0.15) is 6.54 Å². The lowest BCUT2D eigenvalue weighted by Crippen LogP contribution is -2.61. The van der Waals surface area contributed by atoms with Crippen LogP contribution < -0.4 is 5.32 Å². The Morgan fingerprint density at radius 1 is 0.900 bits per heavy atom. The maximum Gasteiger partial charge on any atom is 0.325 e. The van der Waals surface area contributed by atoms with E-state index < -0.39 is 0 Å². The van der Waals surface area contributed by atoms with Crippen molar-refractivity contribution in [1.82, 2.24) is 10.2 Å². The summed E-state index contributed by atoms with van der Waals surface area (Å²) in [6.45, 7) is 3.49. The average Bonchev–Trinajstić information content (AvgIpc) is 2.83. The maximum atomic E-state index is 13.2. The summed E-state index contributed by atoms with van der Waals surface area (Å²) in [5.74, 6) is -0.0918. The zero-order valence-electron chi connectivity index (χ0n) is 19.3. The van der Waals surface area contributed by atoms with Crippen LogP contribution in [0, 0.1) is 0 Å². The highest BCUT2D eigenvalue weighted by Gasteiger charge is 2.47. The van der Waals surface area contributed by atoms with E-state index in [-0.39, 0.29) is 29.5 Å². The molecule has 0 atom stereocenters. The number of hydrogen-bond donors (Lipinski definition) is 1. The fourth-order valence-corrected chi connectivity index (χ4v) is 5.96. The summed E-state index contributed by atoms with van der Waals surface area (Å²) in [5, 5.41) is 4.04. The van der Waals surface area contributed by atoms with E-state index in [9.17, 15) is 9.59 Å². The minimum Gasteiger partial charge on any atom is -0.464 e. The Morgan fingerprint density at radius 2 is 1.50 bits per heavy atom. The molecule has 30 heavy (non-hydrogen) atoms. The summed E-state index contributed by atoms with van der Waals surface area (Å²) in [6, 6.07) is 0. The molecule has 172 valence electrons. The Balaban J connectivity index is 1.54. The highest BCUT2D eigenvalue weighted by atomic mass is 16.5. The van der Waals surface area contributed by atoms with Gasteiger partial charge in [-0.05, 0) is 32.1 Å². The summed E-state index contributed by atoms with van der Waals surface area (Å²) >= 11 is 0. The molecule has 5 heteroatoms. The molecule has 1 heterocycles. The van der Waals surface area contributed by atoms with Crippen molar-refractivity contribution in [2.24, 2.45) is 0 Å². The van der Waals surface area contributed by atoms with Crippen molar-refractivity contribution in [1.29, 1.82) is 0 Å². The molecule has 0 bridgehead atoms. The molecule has 3 rings (SSSR count). The predicted octanol–water partition coefficient (Wildman–Crippen LogP) is 5.12. The normalized spacial score (nSPS) is 23.5. The summed E-state index contributed by atoms with van der Waals surface area (Å²) < 4.78 is 5.50. The Kier molecular flexibility index (Phi) is 9.03. The molecule has 1 saturated heterocycles. The van der Waals surface area contributed by atoms with E-state index in [2.05, 4.69) is 12.2 Å². The Hall–Kier alpha value is -1.10. The third kappa shape index (κ3) is 6.70. The molecule has 2 spiro atoms. The van der Waals surface area contributed by atoms with Crippen LogP contribution in [-0.2, 0) is 14.3 Å². The number of hydrogen-bond acceptors (Lipinski definition) is 4. The fraction of sp³-hybridized carbons (Fsp3) is 0.920. The van der Waals surface area contributed by atoms with E-state index >= 15 is 0 Å². The topological polar surface area (TPSA) is 58.6 Å². The summed E-state index contributed by atoms with van der Waals surface area (Å²) in [7, 11) is 0. The zero-order valence-corrected chi connectivity index (χ0v) is 19.3. The third-order valence-corrected chi connectivity index (χ3v) is 7.57. The molecule has 0 radical (unpaired) electrons. The van der Waals surface area contributed by atoms with Gasteiger partial charge in [-0.25, -0.2) is 0 Å². The number of ether oxygens (including phenoxy) is 1. The quantitative estimate of drug-likeness (QED) is 0.415. The monoisotopic (exact) mass is 420 g/mol. The minimum absolute atomic E-state index is 0.0126. The lowest BCUT2D eigenvalue weighted by molar-refractivity contribution is -0.149. The lowest BCUT2D eigenvalue weighted by atomic mass is 9.74. The van der Waals surface area contributed by atoms with Crippen molar-refractivity contribution in [3.63, 3.8) is 0 Å². The first kappa shape index (κ1) is 23.6. The van der Waals surface area contributed by atoms with E-state index in [1.54, 1.807) is 0 Å². The number of unbranched alkanes of at least 4 members (excludes halogenated alkanes) is 5. The second-order valence-electron chi connectivity index (χ2n) is 10.2. The van der Waals surface area contributed by atoms with Gasteiger partial charge in [-0.2, -0.15) is 0 Å². The lowest BCUT2D eigenvalue weighted by Gasteiger charge is -2.47. The number of carbonyl (C=O) groups is 2. The molecule has 3 aliphatic rings. The van der Waals surface area contributed by atoms with Crippen molar-refractivity contribution in [2.75, 3.05) is 19.7 Å². The average molecular weight is 421 g/mol. The molecule has 0 unspecified atom stereocenters. The zero-order chi connectivity index (χ0) is 21.3. The van der Waals surface area contributed by atoms with Crippen LogP contribution in [0.5, 0.6) is 0 Å². The molecule has 2 saturated carbocycles. The summed E-state index contributed by atoms with van der Waals surface area (Å²) in [4.78, 5) is 27.5. The molecule has 0 aromatic carbocycles. The van der Waals surface area contributed by atoms with Gasteiger partial charge >= 0.3 is 5.97 Å². The Morgan fingerprint density at radius 3 is 2.17 bits per heavy atom. The van der Waals surface area contributed by atoms with Gasteiger partial charge < -0.3 is 15.0 Å². The molecule has 1 N–H and O–H groups in total. The van der Waals surface area contributed by atoms with Crippen LogP contribution in [0.3, 0.4) is 0 Å². The first-order chi connectivity index (χ1) is 14.6. The molecule has 0 aromatic rings. The number of amides is 1. The van der Waals surface area contributed by atoms with Crippen molar-refractivity contribution >= 4 is 11.9 Å². The first-order valence-electron chi connectivity index (χ1n) is 12.8. The van der Waals surface area contributed by atoms with Crippen LogP contribution in [0.1, 0.15) is 116 Å². The number of esters is 1. The van der Waals surface area contributed by atoms with Crippen LogP contribution in [0.4, 0.5) is 0 Å². The molecule has 3 fully saturated rings. The van der Waals surface area contributed by atoms with Gasteiger partial charge in [-0.1, -0.05) is 77.6 Å². The Labute approximate surface area is 183 Å². The Bertz CT molecular complexity index is 551. The fourth-order valence-electron chi connectivity index (χ4n) is 5.96. The highest BCUT2D eigenvalue weighted by Crippen LogP contribution is 2.40. The van der Waals surface area contributed by atoms with Crippen LogP contribution in [0.25, 0.3) is 0 Å². The van der Waals surface area contributed by atoms with Crippen LogP contribution in [0.15, 0.2) is 0 Å².